The summed E-state index contributed by atoms with van der Waals surface area (Å²) < 4.78 is 68.3. The number of alkyl halides is 3. The zero-order valence-electron chi connectivity index (χ0n) is 24.8. The molecule has 1 aliphatic heterocycles. The topological polar surface area (TPSA) is 215 Å². The number of primary amides is 1. The van der Waals surface area contributed by atoms with Crippen LogP contribution in [0.15, 0.2) is 57.9 Å². The average Bonchev–Trinajstić information content (AvgIpc) is 3.80. The van der Waals surface area contributed by atoms with E-state index in [9.17, 15) is 36.4 Å². The van der Waals surface area contributed by atoms with Crippen LogP contribution >= 0.6 is 0 Å². The van der Waals surface area contributed by atoms with Crippen LogP contribution in [0.25, 0.3) is 11.4 Å². The highest BCUT2D eigenvalue weighted by molar-refractivity contribution is 7.93. The van der Waals surface area contributed by atoms with Crippen LogP contribution < -0.4 is 16.0 Å². The van der Waals surface area contributed by atoms with E-state index in [1.54, 1.807) is 41.9 Å². The summed E-state index contributed by atoms with van der Waals surface area (Å²) >= 11 is 0. The van der Waals surface area contributed by atoms with Gasteiger partial charge in [0.25, 0.3) is 5.91 Å². The first-order chi connectivity index (χ1) is 22.2. The number of hydrogen-bond acceptors (Lipinski definition) is 11. The van der Waals surface area contributed by atoms with E-state index in [-0.39, 0.29) is 17.7 Å². The molecule has 2 aliphatic rings. The normalized spacial score (nSPS) is 16.4. The van der Waals surface area contributed by atoms with Gasteiger partial charge in [-0.25, -0.2) is 18.7 Å². The Hall–Kier alpha value is -4.55. The molecule has 1 aromatic heterocycles. The molecule has 0 radical (unpaired) electrons. The van der Waals surface area contributed by atoms with Crippen molar-refractivity contribution in [3.05, 3.63) is 60.0 Å². The number of nitrogens with one attached hydrogen (secondary N) is 1. The lowest BCUT2D eigenvalue weighted by Gasteiger charge is -2.39. The molecular formula is C29H32F3N5O9S. The lowest BCUT2D eigenvalue weighted by Crippen LogP contribution is -2.58. The first-order valence-corrected chi connectivity index (χ1v) is 15.9. The number of aryl methyl sites for hydroxylation is 1. The Bertz CT molecular complexity index is 1690. The van der Waals surface area contributed by atoms with E-state index in [1.807, 2.05) is 0 Å². The fraction of sp³-hybridized carbons (Fsp3) is 0.414. The molecule has 0 bridgehead atoms. The molecule has 1 saturated carbocycles. The Labute approximate surface area is 266 Å². The number of aromatic nitrogens is 2. The summed E-state index contributed by atoms with van der Waals surface area (Å²) in [6.07, 6.45) is -1.66. The van der Waals surface area contributed by atoms with Gasteiger partial charge in [0.1, 0.15) is 5.75 Å². The van der Waals surface area contributed by atoms with E-state index < -0.39 is 38.5 Å². The molecule has 1 aliphatic carbocycles. The minimum atomic E-state index is -5.08. The lowest BCUT2D eigenvalue weighted by atomic mass is 9.94. The number of hydrogen-bond donors (Lipinski definition) is 4. The van der Waals surface area contributed by atoms with Crippen LogP contribution in [0.1, 0.15) is 48.4 Å². The van der Waals surface area contributed by atoms with Crippen LogP contribution in [-0.2, 0) is 25.8 Å². The fourth-order valence-electron chi connectivity index (χ4n) is 5.05. The molecule has 254 valence electrons. The number of carbonyl (C=O) groups is 3. The van der Waals surface area contributed by atoms with E-state index >= 15 is 0 Å². The molecule has 2 fully saturated rings. The van der Waals surface area contributed by atoms with Crippen molar-refractivity contribution in [3.8, 4) is 17.1 Å². The van der Waals surface area contributed by atoms with Crippen molar-refractivity contribution in [3.63, 3.8) is 0 Å². The van der Waals surface area contributed by atoms with Gasteiger partial charge in [-0.15, -0.1) is 0 Å². The van der Waals surface area contributed by atoms with Gasteiger partial charge in [0, 0.05) is 36.7 Å². The highest BCUT2D eigenvalue weighted by Gasteiger charge is 2.54. The van der Waals surface area contributed by atoms with E-state index in [2.05, 4.69) is 15.0 Å². The number of benzene rings is 2. The van der Waals surface area contributed by atoms with Gasteiger partial charge in [0.05, 0.1) is 11.5 Å². The summed E-state index contributed by atoms with van der Waals surface area (Å²) in [4.78, 5) is 39.5. The SMILES string of the molecule is NC(=O)c1cccc(-c2noc(CCCOc3ccc(S(=O)(=O)C4(C(=O)NO)CCN(C5CC5)CC4)cc3)n2)c1.O=C(O)C(F)(F)F. The van der Waals surface area contributed by atoms with Gasteiger partial charge < -0.3 is 25.0 Å². The number of carboxylic acid groups (broad SMARTS) is 1. The van der Waals surface area contributed by atoms with Gasteiger partial charge in [-0.2, -0.15) is 18.2 Å². The number of carbonyl (C=O) groups excluding carboxylic acids is 2. The van der Waals surface area contributed by atoms with Crippen LogP contribution in [0.4, 0.5) is 13.2 Å². The van der Waals surface area contributed by atoms with Crippen molar-refractivity contribution in [2.75, 3.05) is 19.7 Å². The molecule has 2 amide bonds. The highest BCUT2D eigenvalue weighted by Crippen LogP contribution is 2.39. The summed E-state index contributed by atoms with van der Waals surface area (Å²) in [5.74, 6) is -2.97. The Morgan fingerprint density at radius 2 is 1.74 bits per heavy atom. The summed E-state index contributed by atoms with van der Waals surface area (Å²) in [6.45, 7) is 1.29. The van der Waals surface area contributed by atoms with E-state index in [0.717, 1.165) is 12.8 Å². The van der Waals surface area contributed by atoms with Crippen molar-refractivity contribution >= 4 is 27.6 Å². The Morgan fingerprint density at radius 1 is 1.11 bits per heavy atom. The summed E-state index contributed by atoms with van der Waals surface area (Å²) in [7, 11) is -4.08. The third kappa shape index (κ3) is 8.44. The number of amides is 2. The molecule has 3 aromatic rings. The number of sulfone groups is 1. The number of hydroxylamine groups is 1. The number of nitrogens with two attached hydrogens (primary N) is 1. The van der Waals surface area contributed by atoms with E-state index in [1.165, 1.54) is 12.1 Å². The maximum absolute atomic E-state index is 13.6. The Kier molecular flexibility index (Phi) is 10.9. The van der Waals surface area contributed by atoms with Gasteiger partial charge in [0.15, 0.2) is 14.6 Å². The van der Waals surface area contributed by atoms with E-state index in [0.29, 0.717) is 67.2 Å². The quantitative estimate of drug-likeness (QED) is 0.130. The maximum Gasteiger partial charge on any atom is 0.490 e. The molecule has 0 unspecified atom stereocenters. The summed E-state index contributed by atoms with van der Waals surface area (Å²) in [5.41, 5.74) is 7.88. The Morgan fingerprint density at radius 3 is 2.30 bits per heavy atom. The van der Waals surface area contributed by atoms with Crippen molar-refractivity contribution in [2.45, 2.75) is 60.4 Å². The molecule has 14 nitrogen and oxygen atoms in total. The Balaban J connectivity index is 0.000000644. The maximum atomic E-state index is 13.6. The van der Waals surface area contributed by atoms with Crippen LogP contribution in [-0.4, -0.2) is 88.2 Å². The van der Waals surface area contributed by atoms with E-state index in [4.69, 9.17) is 24.9 Å². The molecule has 0 spiro atoms. The first-order valence-electron chi connectivity index (χ1n) is 14.4. The molecule has 1 saturated heterocycles. The predicted octanol–water partition coefficient (Wildman–Crippen LogP) is 2.76. The number of aliphatic carboxylic acids is 1. The zero-order chi connectivity index (χ0) is 34.4. The second-order valence-electron chi connectivity index (χ2n) is 10.9. The standard InChI is InChI=1S/C27H31N5O7S.C2HF3O2/c28-24(33)18-3-1-4-19(17-18)25-29-23(39-31-25)5-2-16-38-21-8-10-22(11-9-21)40(36,37)27(26(34)30-35)12-14-32(15-13-27)20-6-7-20;3-2(4,5)1(6)7/h1,3-4,8-11,17,20,35H,2,5-7,12-16H2,(H2,28,33)(H,30,34);(H,6,7). The summed E-state index contributed by atoms with van der Waals surface area (Å²) in [5, 5.41) is 20.4. The zero-order valence-corrected chi connectivity index (χ0v) is 25.6. The minimum Gasteiger partial charge on any atom is -0.494 e. The molecule has 47 heavy (non-hydrogen) atoms. The van der Waals surface area contributed by atoms with Crippen molar-refractivity contribution in [1.29, 1.82) is 0 Å². The van der Waals surface area contributed by atoms with Gasteiger partial charge >= 0.3 is 12.1 Å². The third-order valence-corrected chi connectivity index (χ3v) is 10.3. The van der Waals surface area contributed by atoms with Crippen LogP contribution in [0.2, 0.25) is 0 Å². The second-order valence-corrected chi connectivity index (χ2v) is 13.1. The fourth-order valence-corrected chi connectivity index (χ4v) is 7.00. The van der Waals surface area contributed by atoms with Crippen molar-refractivity contribution < 1.29 is 55.5 Å². The number of nitrogens with zero attached hydrogens (tertiary/aromatic N) is 3. The van der Waals surface area contributed by atoms with Crippen LogP contribution in [0.5, 0.6) is 5.75 Å². The predicted molar refractivity (Wildman–Crippen MR) is 156 cm³/mol. The lowest BCUT2D eigenvalue weighted by molar-refractivity contribution is -0.192. The van der Waals surface area contributed by atoms with Crippen LogP contribution in [0, 0.1) is 0 Å². The van der Waals surface area contributed by atoms with Crippen molar-refractivity contribution in [1.82, 2.24) is 20.5 Å². The van der Waals surface area contributed by atoms with Gasteiger partial charge in [-0.3, -0.25) is 14.8 Å². The number of piperidine rings is 1. The largest absolute Gasteiger partial charge is 0.494 e. The number of halogens is 3. The van der Waals surface area contributed by atoms with Gasteiger partial charge in [0.2, 0.25) is 17.6 Å². The number of rotatable bonds is 11. The number of carboxylic acids is 1. The number of likely N-dealkylation sites (tertiary alicyclic amines) is 1. The molecule has 5 N–H and O–H groups in total. The first kappa shape index (κ1) is 35.3. The van der Waals surface area contributed by atoms with Crippen LogP contribution in [0.3, 0.4) is 0 Å². The third-order valence-electron chi connectivity index (χ3n) is 7.75. The second kappa shape index (κ2) is 14.5. The number of ether oxygens (including phenoxy) is 1. The van der Waals surface area contributed by atoms with Gasteiger partial charge in [-0.05, 0) is 68.5 Å². The molecule has 2 heterocycles. The molecular weight excluding hydrogens is 651 g/mol. The minimum absolute atomic E-state index is 0.00196. The molecule has 0 atom stereocenters. The highest BCUT2D eigenvalue weighted by atomic mass is 32.2. The van der Waals surface area contributed by atoms with Crippen molar-refractivity contribution in [2.24, 2.45) is 5.73 Å². The monoisotopic (exact) mass is 683 g/mol. The van der Waals surface area contributed by atoms with Gasteiger partial charge in [-0.1, -0.05) is 17.3 Å². The molecule has 2 aromatic carbocycles. The molecule has 5 rings (SSSR count). The molecule has 18 heteroatoms. The summed E-state index contributed by atoms with van der Waals surface area (Å²) in [6, 6.07) is 13.1. The smallest absolute Gasteiger partial charge is 0.490 e. The average molecular weight is 684 g/mol.